The molecule has 1 aliphatic carbocycles. The molecule has 17 heavy (non-hydrogen) atoms. The SMILES string of the molecule is O=C(O)C12C=CC3SC3(C(=O)O)C1(C(=O)O)S2. The van der Waals surface area contributed by atoms with Crippen LogP contribution in [0.1, 0.15) is 0 Å². The van der Waals surface area contributed by atoms with Crippen LogP contribution in [-0.4, -0.2) is 52.7 Å². The van der Waals surface area contributed by atoms with Crippen LogP contribution in [0.5, 0.6) is 0 Å². The second-order valence-corrected chi connectivity index (χ2v) is 6.92. The van der Waals surface area contributed by atoms with Gasteiger partial charge < -0.3 is 15.3 Å². The first-order valence-corrected chi connectivity index (χ1v) is 6.32. The van der Waals surface area contributed by atoms with Gasteiger partial charge in [-0.1, -0.05) is 12.2 Å². The Hall–Kier alpha value is -1.15. The van der Waals surface area contributed by atoms with Crippen molar-refractivity contribution in [3.63, 3.8) is 0 Å². The summed E-state index contributed by atoms with van der Waals surface area (Å²) < 4.78 is -4.93. The molecule has 3 rings (SSSR count). The molecule has 0 saturated carbocycles. The van der Waals surface area contributed by atoms with E-state index in [0.29, 0.717) is 11.8 Å². The Balaban J connectivity index is 2.21. The van der Waals surface area contributed by atoms with Crippen molar-refractivity contribution in [2.45, 2.75) is 19.5 Å². The van der Waals surface area contributed by atoms with E-state index in [0.717, 1.165) is 11.8 Å². The van der Waals surface area contributed by atoms with Gasteiger partial charge in [0.1, 0.15) is 0 Å². The molecule has 6 nitrogen and oxygen atoms in total. The quantitative estimate of drug-likeness (QED) is 0.482. The lowest BCUT2D eigenvalue weighted by atomic mass is 9.75. The van der Waals surface area contributed by atoms with Crippen molar-refractivity contribution >= 4 is 41.4 Å². The van der Waals surface area contributed by atoms with E-state index in [4.69, 9.17) is 5.11 Å². The molecule has 3 aliphatic rings. The van der Waals surface area contributed by atoms with Crippen LogP contribution in [0.4, 0.5) is 0 Å². The van der Waals surface area contributed by atoms with Crippen molar-refractivity contribution in [2.75, 3.05) is 0 Å². The monoisotopic (exact) mass is 274 g/mol. The summed E-state index contributed by atoms with van der Waals surface area (Å²) in [6.07, 6.45) is 2.81. The minimum absolute atomic E-state index is 0.446. The topological polar surface area (TPSA) is 112 Å². The highest BCUT2D eigenvalue weighted by atomic mass is 32.2. The third-order valence-electron chi connectivity index (χ3n) is 3.42. The lowest BCUT2D eigenvalue weighted by Gasteiger charge is -2.22. The van der Waals surface area contributed by atoms with Crippen molar-refractivity contribution in [2.24, 2.45) is 0 Å². The number of thioether (sulfide) groups is 2. The van der Waals surface area contributed by atoms with Crippen LogP contribution in [0.15, 0.2) is 12.2 Å². The van der Waals surface area contributed by atoms with Crippen molar-refractivity contribution in [3.05, 3.63) is 12.2 Å². The lowest BCUT2D eigenvalue weighted by molar-refractivity contribution is -0.150. The Labute approximate surface area is 103 Å². The Kier molecular flexibility index (Phi) is 1.70. The molecule has 0 amide bonds. The molecule has 0 bridgehead atoms. The van der Waals surface area contributed by atoms with E-state index >= 15 is 0 Å². The van der Waals surface area contributed by atoms with Crippen LogP contribution in [0.25, 0.3) is 0 Å². The largest absolute Gasteiger partial charge is 0.480 e. The van der Waals surface area contributed by atoms with Crippen LogP contribution in [0.3, 0.4) is 0 Å². The molecule has 4 unspecified atom stereocenters. The van der Waals surface area contributed by atoms with E-state index in [1.165, 1.54) is 12.2 Å². The second-order valence-electron chi connectivity index (χ2n) is 4.07. The van der Waals surface area contributed by atoms with E-state index in [-0.39, 0.29) is 0 Å². The Morgan fingerprint density at radius 2 is 1.71 bits per heavy atom. The summed E-state index contributed by atoms with van der Waals surface area (Å²) >= 11 is 1.70. The van der Waals surface area contributed by atoms with Gasteiger partial charge in [0, 0.05) is 0 Å². The molecule has 0 spiro atoms. The molecule has 2 aliphatic heterocycles. The van der Waals surface area contributed by atoms with Gasteiger partial charge in [-0.3, -0.25) is 14.4 Å². The lowest BCUT2D eigenvalue weighted by Crippen LogP contribution is -2.55. The molecule has 0 radical (unpaired) electrons. The molecule has 0 aromatic carbocycles. The molecule has 2 saturated heterocycles. The highest BCUT2D eigenvalue weighted by Gasteiger charge is 2.95. The molecule has 0 aromatic heterocycles. The summed E-state index contributed by atoms with van der Waals surface area (Å²) in [6.45, 7) is 0. The van der Waals surface area contributed by atoms with Crippen molar-refractivity contribution in [1.82, 2.24) is 0 Å². The standard InChI is InChI=1S/C9H6O6S2/c10-4(11)7-2-1-3-8(16-3,5(12)13)9(7,17-7)6(14)15/h1-3H,(H,10,11)(H,12,13)(H,14,15). The van der Waals surface area contributed by atoms with Gasteiger partial charge in [-0.05, 0) is 0 Å². The maximum Gasteiger partial charge on any atom is 0.325 e. The maximum atomic E-state index is 11.4. The second kappa shape index (κ2) is 2.64. The molecule has 4 atom stereocenters. The number of aliphatic carboxylic acids is 3. The number of fused-ring (bicyclic) bond motifs is 3. The molecule has 2 heterocycles. The number of rotatable bonds is 3. The fourth-order valence-corrected chi connectivity index (χ4v) is 5.81. The average molecular weight is 274 g/mol. The molecule has 3 N–H and O–H groups in total. The van der Waals surface area contributed by atoms with Gasteiger partial charge in [0.25, 0.3) is 0 Å². The summed E-state index contributed by atoms with van der Waals surface area (Å²) in [5, 5.41) is 27.2. The van der Waals surface area contributed by atoms with Crippen molar-refractivity contribution in [1.29, 1.82) is 0 Å². The van der Waals surface area contributed by atoms with Gasteiger partial charge in [0.2, 0.25) is 0 Å². The number of carboxylic acid groups (broad SMARTS) is 3. The average Bonchev–Trinajstić information content (AvgIpc) is 3.08. The first kappa shape index (κ1) is 11.0. The van der Waals surface area contributed by atoms with E-state index in [1.54, 1.807) is 0 Å². The molecular formula is C9H6O6S2. The number of carbonyl (C=O) groups is 3. The van der Waals surface area contributed by atoms with Crippen LogP contribution in [-0.2, 0) is 14.4 Å². The number of carboxylic acids is 3. The fourth-order valence-electron chi connectivity index (χ4n) is 2.52. The highest BCUT2D eigenvalue weighted by Crippen LogP contribution is 2.82. The maximum absolute atomic E-state index is 11.4. The summed E-state index contributed by atoms with van der Waals surface area (Å²) in [6, 6.07) is 0. The minimum Gasteiger partial charge on any atom is -0.480 e. The van der Waals surface area contributed by atoms with E-state index in [2.05, 4.69) is 0 Å². The summed E-state index contributed by atoms with van der Waals surface area (Å²) in [5.41, 5.74) is 0. The zero-order valence-corrected chi connectivity index (χ0v) is 9.75. The summed E-state index contributed by atoms with van der Waals surface area (Å²) in [7, 11) is 0. The van der Waals surface area contributed by atoms with Crippen LogP contribution < -0.4 is 0 Å². The van der Waals surface area contributed by atoms with Crippen LogP contribution in [0.2, 0.25) is 0 Å². The Morgan fingerprint density at radius 3 is 2.18 bits per heavy atom. The molecular weight excluding hydrogens is 268 g/mol. The van der Waals surface area contributed by atoms with E-state index in [9.17, 15) is 24.6 Å². The normalized spacial score (nSPS) is 48.8. The molecule has 2 fully saturated rings. The van der Waals surface area contributed by atoms with Gasteiger partial charge in [0.05, 0.1) is 5.25 Å². The van der Waals surface area contributed by atoms with Crippen LogP contribution >= 0.6 is 23.5 Å². The van der Waals surface area contributed by atoms with E-state index in [1.807, 2.05) is 0 Å². The molecule has 90 valence electrons. The van der Waals surface area contributed by atoms with Gasteiger partial charge in [-0.15, -0.1) is 23.5 Å². The fraction of sp³-hybridized carbons (Fsp3) is 0.444. The zero-order chi connectivity index (χ0) is 12.6. The molecule has 0 aromatic rings. The van der Waals surface area contributed by atoms with Crippen molar-refractivity contribution < 1.29 is 29.7 Å². The van der Waals surface area contributed by atoms with Gasteiger partial charge in [-0.25, -0.2) is 0 Å². The predicted molar refractivity (Wildman–Crippen MR) is 59.2 cm³/mol. The zero-order valence-electron chi connectivity index (χ0n) is 8.11. The molecule has 8 heteroatoms. The minimum atomic E-state index is -1.78. The highest BCUT2D eigenvalue weighted by molar-refractivity contribution is 8.16. The summed E-state index contributed by atoms with van der Waals surface area (Å²) in [4.78, 5) is 33.9. The van der Waals surface area contributed by atoms with Crippen molar-refractivity contribution in [3.8, 4) is 0 Å². The summed E-state index contributed by atoms with van der Waals surface area (Å²) in [5.74, 6) is -3.92. The Bertz CT molecular complexity index is 516. The number of hydrogen-bond donors (Lipinski definition) is 3. The number of hydrogen-bond acceptors (Lipinski definition) is 5. The third kappa shape index (κ3) is 0.846. The first-order valence-electron chi connectivity index (χ1n) is 4.63. The Morgan fingerprint density at radius 1 is 1.06 bits per heavy atom. The van der Waals surface area contributed by atoms with Gasteiger partial charge >= 0.3 is 17.9 Å². The van der Waals surface area contributed by atoms with Gasteiger partial charge in [0.15, 0.2) is 14.2 Å². The van der Waals surface area contributed by atoms with Crippen LogP contribution in [0, 0.1) is 0 Å². The van der Waals surface area contributed by atoms with Gasteiger partial charge in [-0.2, -0.15) is 0 Å². The van der Waals surface area contributed by atoms with E-state index < -0.39 is 37.4 Å². The predicted octanol–water partition coefficient (Wildman–Crippen LogP) is -0.111. The smallest absolute Gasteiger partial charge is 0.325 e. The third-order valence-corrected chi connectivity index (χ3v) is 7.02. The first-order chi connectivity index (χ1) is 7.85.